The fourth-order valence-electron chi connectivity index (χ4n) is 2.34. The first-order valence-electron chi connectivity index (χ1n) is 6.19. The minimum Gasteiger partial charge on any atom is -0.410 e. The second kappa shape index (κ2) is 5.39. The van der Waals surface area contributed by atoms with Crippen molar-refractivity contribution in [2.24, 2.45) is 5.16 Å². The molecule has 6 heteroatoms. The van der Waals surface area contributed by atoms with Crippen LogP contribution in [0.3, 0.4) is 0 Å². The summed E-state index contributed by atoms with van der Waals surface area (Å²) in [5, 5.41) is 13.1. The summed E-state index contributed by atoms with van der Waals surface area (Å²) in [5.74, 6) is -0.343. The van der Waals surface area contributed by atoms with Crippen molar-refractivity contribution < 1.29 is 10.0 Å². The molecule has 21 heavy (non-hydrogen) atoms. The van der Waals surface area contributed by atoms with Crippen molar-refractivity contribution in [3.05, 3.63) is 63.6 Å². The van der Waals surface area contributed by atoms with Crippen molar-refractivity contribution in [2.75, 3.05) is 4.90 Å². The lowest BCUT2D eigenvalue weighted by atomic mass is 10.1. The molecular weight excluding hydrogens is 311 g/mol. The van der Waals surface area contributed by atoms with Gasteiger partial charge in [-0.2, -0.15) is 0 Å². The minimum absolute atomic E-state index is 0.0469. The monoisotopic (exact) mass is 320 g/mol. The van der Waals surface area contributed by atoms with Crippen molar-refractivity contribution in [1.82, 2.24) is 0 Å². The Kier molecular flexibility index (Phi) is 3.57. The fourth-order valence-corrected chi connectivity index (χ4v) is 2.66. The Morgan fingerprint density at radius 2 is 1.86 bits per heavy atom. The fraction of sp³-hybridized carbons (Fsp3) is 0.0667. The summed E-state index contributed by atoms with van der Waals surface area (Å²) in [6.45, 7) is 0.325. The van der Waals surface area contributed by atoms with Gasteiger partial charge in [0.05, 0.1) is 22.3 Å². The average Bonchev–Trinajstić information content (AvgIpc) is 2.75. The van der Waals surface area contributed by atoms with Crippen LogP contribution in [0.25, 0.3) is 0 Å². The molecule has 0 saturated heterocycles. The normalized spacial score (nSPS) is 15.6. The number of anilines is 1. The van der Waals surface area contributed by atoms with Gasteiger partial charge in [-0.1, -0.05) is 52.6 Å². The van der Waals surface area contributed by atoms with Crippen LogP contribution in [-0.4, -0.2) is 16.8 Å². The zero-order chi connectivity index (χ0) is 15.0. The number of amides is 1. The average molecular weight is 321 g/mol. The van der Waals surface area contributed by atoms with Gasteiger partial charge in [0.1, 0.15) is 0 Å². The maximum atomic E-state index is 12.3. The lowest BCUT2D eigenvalue weighted by molar-refractivity contribution is -0.112. The molecule has 0 aromatic heterocycles. The molecule has 4 nitrogen and oxygen atoms in total. The van der Waals surface area contributed by atoms with E-state index >= 15 is 0 Å². The molecule has 0 unspecified atom stereocenters. The van der Waals surface area contributed by atoms with Gasteiger partial charge in [-0.3, -0.25) is 4.79 Å². The third-order valence-electron chi connectivity index (χ3n) is 3.32. The second-order valence-electron chi connectivity index (χ2n) is 4.61. The Balaban J connectivity index is 1.99. The van der Waals surface area contributed by atoms with Crippen molar-refractivity contribution in [3.8, 4) is 0 Å². The van der Waals surface area contributed by atoms with Crippen LogP contribution < -0.4 is 4.90 Å². The van der Waals surface area contributed by atoms with E-state index in [0.29, 0.717) is 27.8 Å². The highest BCUT2D eigenvalue weighted by Gasteiger charge is 2.34. The number of halogens is 2. The third-order valence-corrected chi connectivity index (χ3v) is 4.06. The molecule has 1 heterocycles. The topological polar surface area (TPSA) is 52.9 Å². The van der Waals surface area contributed by atoms with Crippen LogP contribution in [0.2, 0.25) is 10.0 Å². The van der Waals surface area contributed by atoms with Crippen LogP contribution >= 0.6 is 23.2 Å². The summed E-state index contributed by atoms with van der Waals surface area (Å²) in [6.07, 6.45) is 0. The summed E-state index contributed by atoms with van der Waals surface area (Å²) >= 11 is 11.9. The quantitative estimate of drug-likeness (QED) is 0.677. The highest BCUT2D eigenvalue weighted by atomic mass is 35.5. The van der Waals surface area contributed by atoms with Crippen molar-refractivity contribution >= 4 is 40.5 Å². The standard InChI is InChI=1S/C15H10Cl2N2O2/c16-11-6-5-9(7-12(11)17)8-19-13-4-2-1-3-10(13)14(18-21)15(19)20/h1-7,21H,8H2/b18-14-. The Morgan fingerprint density at radius 3 is 2.57 bits per heavy atom. The van der Waals surface area contributed by atoms with Gasteiger partial charge in [-0.15, -0.1) is 0 Å². The molecule has 0 saturated carbocycles. The smallest absolute Gasteiger partial charge is 0.281 e. The number of carbonyl (C=O) groups excluding carboxylic acids is 1. The Bertz CT molecular complexity index is 759. The number of carbonyl (C=O) groups is 1. The van der Waals surface area contributed by atoms with E-state index in [1.807, 2.05) is 12.1 Å². The predicted molar refractivity (Wildman–Crippen MR) is 82.4 cm³/mol. The number of para-hydroxylation sites is 1. The molecule has 1 aliphatic heterocycles. The number of fused-ring (bicyclic) bond motifs is 1. The van der Waals surface area contributed by atoms with Gasteiger partial charge in [0.2, 0.25) is 0 Å². The molecule has 2 aromatic rings. The first-order valence-corrected chi connectivity index (χ1v) is 6.94. The van der Waals surface area contributed by atoms with Crippen LogP contribution in [0.1, 0.15) is 11.1 Å². The summed E-state index contributed by atoms with van der Waals surface area (Å²) < 4.78 is 0. The summed E-state index contributed by atoms with van der Waals surface area (Å²) in [7, 11) is 0. The number of rotatable bonds is 2. The van der Waals surface area contributed by atoms with Crippen molar-refractivity contribution in [2.45, 2.75) is 6.54 Å². The van der Waals surface area contributed by atoms with E-state index in [1.165, 1.54) is 0 Å². The van der Waals surface area contributed by atoms with E-state index in [4.69, 9.17) is 28.4 Å². The number of nitrogens with zero attached hydrogens (tertiary/aromatic N) is 2. The second-order valence-corrected chi connectivity index (χ2v) is 5.42. The molecule has 2 aromatic carbocycles. The molecule has 1 N–H and O–H groups in total. The number of benzene rings is 2. The van der Waals surface area contributed by atoms with E-state index in [9.17, 15) is 4.79 Å². The Morgan fingerprint density at radius 1 is 1.10 bits per heavy atom. The SMILES string of the molecule is O=C1/C(=N\O)c2ccccc2N1Cc1ccc(Cl)c(Cl)c1. The number of oxime groups is 1. The molecule has 106 valence electrons. The van der Waals surface area contributed by atoms with Crippen LogP contribution in [-0.2, 0) is 11.3 Å². The van der Waals surface area contributed by atoms with Gasteiger partial charge in [0.15, 0.2) is 5.71 Å². The summed E-state index contributed by atoms with van der Waals surface area (Å²) in [5.41, 5.74) is 2.21. The Labute approximate surface area is 131 Å². The third kappa shape index (κ3) is 2.37. The van der Waals surface area contributed by atoms with Gasteiger partial charge >= 0.3 is 0 Å². The largest absolute Gasteiger partial charge is 0.410 e. The molecule has 0 radical (unpaired) electrons. The molecular formula is C15H10Cl2N2O2. The maximum Gasteiger partial charge on any atom is 0.281 e. The lowest BCUT2D eigenvalue weighted by Crippen LogP contribution is -2.29. The van der Waals surface area contributed by atoms with Crippen LogP contribution in [0.4, 0.5) is 5.69 Å². The number of hydrogen-bond acceptors (Lipinski definition) is 3. The highest BCUT2D eigenvalue weighted by Crippen LogP contribution is 2.31. The summed E-state index contributed by atoms with van der Waals surface area (Å²) in [6, 6.07) is 12.4. The van der Waals surface area contributed by atoms with Crippen molar-refractivity contribution in [3.63, 3.8) is 0 Å². The van der Waals surface area contributed by atoms with Crippen LogP contribution in [0, 0.1) is 0 Å². The van der Waals surface area contributed by atoms with Crippen LogP contribution in [0.5, 0.6) is 0 Å². The zero-order valence-corrected chi connectivity index (χ0v) is 12.3. The van der Waals surface area contributed by atoms with E-state index in [-0.39, 0.29) is 11.6 Å². The van der Waals surface area contributed by atoms with E-state index in [0.717, 1.165) is 5.56 Å². The maximum absolute atomic E-state index is 12.3. The van der Waals surface area contributed by atoms with Gasteiger partial charge in [-0.05, 0) is 23.8 Å². The highest BCUT2D eigenvalue weighted by molar-refractivity contribution is 6.54. The molecule has 0 spiro atoms. The molecule has 0 bridgehead atoms. The lowest BCUT2D eigenvalue weighted by Gasteiger charge is -2.17. The van der Waals surface area contributed by atoms with Gasteiger partial charge < -0.3 is 10.1 Å². The number of hydrogen-bond donors (Lipinski definition) is 1. The molecule has 0 aliphatic carbocycles. The van der Waals surface area contributed by atoms with Crippen molar-refractivity contribution in [1.29, 1.82) is 0 Å². The summed E-state index contributed by atoms with van der Waals surface area (Å²) in [4.78, 5) is 13.9. The molecule has 1 amide bonds. The van der Waals surface area contributed by atoms with E-state index < -0.39 is 0 Å². The predicted octanol–water partition coefficient (Wildman–Crippen LogP) is 3.72. The molecule has 0 fully saturated rings. The van der Waals surface area contributed by atoms with Crippen LogP contribution in [0.15, 0.2) is 47.6 Å². The molecule has 0 atom stereocenters. The van der Waals surface area contributed by atoms with E-state index in [1.54, 1.807) is 35.2 Å². The molecule has 1 aliphatic rings. The minimum atomic E-state index is -0.343. The Hall–Kier alpha value is -2.04. The van der Waals surface area contributed by atoms with E-state index in [2.05, 4.69) is 5.16 Å². The molecule has 3 rings (SSSR count). The zero-order valence-electron chi connectivity index (χ0n) is 10.8. The van der Waals surface area contributed by atoms with Gasteiger partial charge in [0.25, 0.3) is 5.91 Å². The van der Waals surface area contributed by atoms with Gasteiger partial charge in [-0.25, -0.2) is 0 Å². The van der Waals surface area contributed by atoms with Gasteiger partial charge in [0, 0.05) is 5.56 Å². The first kappa shape index (κ1) is 13.9. The first-order chi connectivity index (χ1) is 10.1.